The molecule has 0 aliphatic carbocycles. The molecule has 1 aliphatic rings. The van der Waals surface area contributed by atoms with E-state index in [9.17, 15) is 4.79 Å². The molecule has 0 radical (unpaired) electrons. The predicted octanol–water partition coefficient (Wildman–Crippen LogP) is 3.11. The summed E-state index contributed by atoms with van der Waals surface area (Å²) in [4.78, 5) is 18.0. The molecular formula is C17H18N2O3. The lowest BCUT2D eigenvalue weighted by Crippen LogP contribution is -2.43. The average Bonchev–Trinajstić information content (AvgIpc) is 2.56. The highest BCUT2D eigenvalue weighted by Gasteiger charge is 2.28. The topological polar surface area (TPSA) is 51.7 Å². The molecule has 1 saturated heterocycles. The first kappa shape index (κ1) is 14.5. The minimum absolute atomic E-state index is 0.169. The number of nitrogens with zero attached hydrogens (tertiary/aromatic N) is 2. The highest BCUT2D eigenvalue weighted by molar-refractivity contribution is 5.87. The number of hydrogen-bond donors (Lipinski definition) is 0. The Balaban J connectivity index is 1.72. The molecule has 1 atom stereocenters. The molecule has 114 valence electrons. The van der Waals surface area contributed by atoms with Gasteiger partial charge in [0.2, 0.25) is 0 Å². The van der Waals surface area contributed by atoms with Gasteiger partial charge < -0.3 is 9.47 Å². The maximum absolute atomic E-state index is 12.0. The van der Waals surface area contributed by atoms with E-state index in [1.165, 1.54) is 0 Å². The monoisotopic (exact) mass is 298 g/mol. The summed E-state index contributed by atoms with van der Waals surface area (Å²) in [6, 6.07) is 13.8. The lowest BCUT2D eigenvalue weighted by molar-refractivity contribution is 0.0281. The maximum Gasteiger partial charge on any atom is 0.415 e. The van der Waals surface area contributed by atoms with Crippen LogP contribution in [0.15, 0.2) is 48.7 Å². The lowest BCUT2D eigenvalue weighted by atomic mass is 10.1. The zero-order valence-corrected chi connectivity index (χ0v) is 12.4. The predicted molar refractivity (Wildman–Crippen MR) is 83.8 cm³/mol. The molecule has 0 spiro atoms. The van der Waals surface area contributed by atoms with Gasteiger partial charge in [-0.05, 0) is 17.7 Å². The van der Waals surface area contributed by atoms with Gasteiger partial charge in [0.15, 0.2) is 0 Å². The smallest absolute Gasteiger partial charge is 0.415 e. The van der Waals surface area contributed by atoms with Crippen molar-refractivity contribution >= 4 is 11.9 Å². The van der Waals surface area contributed by atoms with Crippen LogP contribution in [-0.4, -0.2) is 37.4 Å². The molecule has 5 nitrogen and oxygen atoms in total. The van der Waals surface area contributed by atoms with E-state index in [-0.39, 0.29) is 12.2 Å². The number of pyridine rings is 1. The fourth-order valence-electron chi connectivity index (χ4n) is 2.49. The Morgan fingerprint density at radius 3 is 2.68 bits per heavy atom. The van der Waals surface area contributed by atoms with Crippen LogP contribution in [0.1, 0.15) is 6.42 Å². The van der Waals surface area contributed by atoms with Crippen molar-refractivity contribution in [1.29, 1.82) is 0 Å². The second kappa shape index (κ2) is 6.58. The van der Waals surface area contributed by atoms with Crippen LogP contribution in [0.2, 0.25) is 0 Å². The third-order valence-corrected chi connectivity index (χ3v) is 3.65. The van der Waals surface area contributed by atoms with E-state index >= 15 is 0 Å². The summed E-state index contributed by atoms with van der Waals surface area (Å²) in [6.07, 6.45) is 1.98. The molecule has 3 rings (SSSR count). The minimum atomic E-state index is -0.367. The van der Waals surface area contributed by atoms with E-state index in [1.807, 2.05) is 42.5 Å². The first-order chi connectivity index (χ1) is 10.8. The van der Waals surface area contributed by atoms with Gasteiger partial charge in [-0.25, -0.2) is 9.78 Å². The van der Waals surface area contributed by atoms with Crippen LogP contribution in [-0.2, 0) is 9.47 Å². The summed E-state index contributed by atoms with van der Waals surface area (Å²) in [5, 5.41) is 0. The summed E-state index contributed by atoms with van der Waals surface area (Å²) in [5.74, 6) is 0.612. The summed E-state index contributed by atoms with van der Waals surface area (Å²) in [7, 11) is 1.60. The van der Waals surface area contributed by atoms with Crippen molar-refractivity contribution < 1.29 is 14.3 Å². The maximum atomic E-state index is 12.0. The Morgan fingerprint density at radius 2 is 2.05 bits per heavy atom. The molecule has 0 saturated carbocycles. The summed E-state index contributed by atoms with van der Waals surface area (Å²) < 4.78 is 10.4. The van der Waals surface area contributed by atoms with Crippen LogP contribution in [0.4, 0.5) is 10.6 Å². The molecule has 1 aliphatic heterocycles. The van der Waals surface area contributed by atoms with E-state index < -0.39 is 0 Å². The molecule has 0 N–H and O–H groups in total. The Labute approximate surface area is 129 Å². The van der Waals surface area contributed by atoms with Gasteiger partial charge in [0.25, 0.3) is 0 Å². The van der Waals surface area contributed by atoms with Crippen molar-refractivity contribution in [1.82, 2.24) is 4.98 Å². The lowest BCUT2D eigenvalue weighted by Gasteiger charge is -2.30. The van der Waals surface area contributed by atoms with Gasteiger partial charge in [0, 0.05) is 31.8 Å². The number of ether oxygens (including phenoxy) is 2. The molecule has 1 fully saturated rings. The molecule has 22 heavy (non-hydrogen) atoms. The van der Waals surface area contributed by atoms with Gasteiger partial charge in [-0.3, -0.25) is 4.90 Å². The standard InChI is InChI=1S/C17H18N2O3/c1-21-12-15-9-10-19(17(20)22-15)16-8-7-14(11-18-16)13-5-3-2-4-6-13/h2-8,11,15H,9-10,12H2,1H3. The minimum Gasteiger partial charge on any atom is -0.443 e. The third kappa shape index (κ3) is 3.09. The van der Waals surface area contributed by atoms with Crippen molar-refractivity contribution in [2.45, 2.75) is 12.5 Å². The van der Waals surface area contributed by atoms with Gasteiger partial charge >= 0.3 is 6.09 Å². The Bertz CT molecular complexity index is 628. The molecular weight excluding hydrogens is 280 g/mol. The van der Waals surface area contributed by atoms with Crippen LogP contribution in [0, 0.1) is 0 Å². The fraction of sp³-hybridized carbons (Fsp3) is 0.294. The first-order valence-electron chi connectivity index (χ1n) is 7.26. The second-order valence-electron chi connectivity index (χ2n) is 5.17. The number of carbonyl (C=O) groups excluding carboxylic acids is 1. The van der Waals surface area contributed by atoms with Gasteiger partial charge in [-0.1, -0.05) is 30.3 Å². The SMILES string of the molecule is COCC1CCN(c2ccc(-c3ccccc3)cn2)C(=O)O1. The number of carbonyl (C=O) groups is 1. The third-order valence-electron chi connectivity index (χ3n) is 3.65. The quantitative estimate of drug-likeness (QED) is 0.870. The molecule has 0 bridgehead atoms. The van der Waals surface area contributed by atoms with Crippen molar-refractivity contribution in [3.8, 4) is 11.1 Å². The van der Waals surface area contributed by atoms with E-state index in [1.54, 1.807) is 18.2 Å². The van der Waals surface area contributed by atoms with Crippen LogP contribution >= 0.6 is 0 Å². The number of rotatable bonds is 4. The molecule has 2 heterocycles. The van der Waals surface area contributed by atoms with Crippen molar-refractivity contribution in [3.05, 3.63) is 48.7 Å². The summed E-state index contributed by atoms with van der Waals surface area (Å²) in [5.41, 5.74) is 2.12. The fourth-order valence-corrected chi connectivity index (χ4v) is 2.49. The van der Waals surface area contributed by atoms with Crippen molar-refractivity contribution in [2.75, 3.05) is 25.2 Å². The van der Waals surface area contributed by atoms with Gasteiger partial charge in [0.1, 0.15) is 11.9 Å². The van der Waals surface area contributed by atoms with Gasteiger partial charge in [0.05, 0.1) is 6.61 Å². The summed E-state index contributed by atoms with van der Waals surface area (Å²) in [6.45, 7) is 1.02. The van der Waals surface area contributed by atoms with E-state index in [0.29, 0.717) is 19.0 Å². The Hall–Kier alpha value is -2.40. The first-order valence-corrected chi connectivity index (χ1v) is 7.26. The van der Waals surface area contributed by atoms with E-state index in [0.717, 1.165) is 17.5 Å². The number of benzene rings is 1. The normalized spacial score (nSPS) is 18.1. The van der Waals surface area contributed by atoms with Crippen LogP contribution in [0.3, 0.4) is 0 Å². The van der Waals surface area contributed by atoms with Crippen LogP contribution in [0.25, 0.3) is 11.1 Å². The highest BCUT2D eigenvalue weighted by Crippen LogP contribution is 2.23. The van der Waals surface area contributed by atoms with Gasteiger partial charge in [-0.2, -0.15) is 0 Å². The summed E-state index contributed by atoms with van der Waals surface area (Å²) >= 11 is 0. The molecule has 1 aromatic heterocycles. The van der Waals surface area contributed by atoms with Crippen LogP contribution in [0.5, 0.6) is 0 Å². The number of amides is 1. The number of anilines is 1. The van der Waals surface area contributed by atoms with E-state index in [4.69, 9.17) is 9.47 Å². The molecule has 1 aromatic carbocycles. The zero-order valence-electron chi connectivity index (χ0n) is 12.4. The number of aromatic nitrogens is 1. The molecule has 1 unspecified atom stereocenters. The molecule has 5 heteroatoms. The Morgan fingerprint density at radius 1 is 1.23 bits per heavy atom. The largest absolute Gasteiger partial charge is 0.443 e. The number of cyclic esters (lactones) is 1. The highest BCUT2D eigenvalue weighted by atomic mass is 16.6. The van der Waals surface area contributed by atoms with Crippen molar-refractivity contribution in [3.63, 3.8) is 0 Å². The number of hydrogen-bond acceptors (Lipinski definition) is 4. The van der Waals surface area contributed by atoms with Crippen LogP contribution < -0.4 is 4.90 Å². The number of methoxy groups -OCH3 is 1. The van der Waals surface area contributed by atoms with Gasteiger partial charge in [-0.15, -0.1) is 0 Å². The van der Waals surface area contributed by atoms with E-state index in [2.05, 4.69) is 4.98 Å². The molecule has 2 aromatic rings. The molecule has 1 amide bonds. The van der Waals surface area contributed by atoms with Crippen molar-refractivity contribution in [2.24, 2.45) is 0 Å². The average molecular weight is 298 g/mol. The second-order valence-corrected chi connectivity index (χ2v) is 5.17. The zero-order chi connectivity index (χ0) is 15.4. The Kier molecular flexibility index (Phi) is 4.34.